The molecule has 0 bridgehead atoms. The van der Waals surface area contributed by atoms with Crippen LogP contribution < -0.4 is 4.89 Å². The second-order valence-electron chi connectivity index (χ2n) is 4.41. The van der Waals surface area contributed by atoms with E-state index in [2.05, 4.69) is 9.05 Å². The number of phosphoric acid groups is 1. The number of ketones is 2. The van der Waals surface area contributed by atoms with Crippen molar-refractivity contribution in [2.75, 3.05) is 6.61 Å². The predicted molar refractivity (Wildman–Crippen MR) is 60.0 cm³/mol. The van der Waals surface area contributed by atoms with Crippen molar-refractivity contribution in [3.05, 3.63) is 0 Å². The third kappa shape index (κ3) is 7.91. The van der Waals surface area contributed by atoms with Gasteiger partial charge in [0.15, 0.2) is 0 Å². The van der Waals surface area contributed by atoms with Gasteiger partial charge >= 0.3 is 12.4 Å². The lowest BCUT2D eigenvalue weighted by atomic mass is 9.98. The largest absolute Gasteiger partial charge is 0.756 e. The quantitative estimate of drug-likeness (QED) is 0.368. The van der Waals surface area contributed by atoms with E-state index in [4.69, 9.17) is 0 Å². The number of carbonyl (C=O) groups excluding carboxylic acids is 2. The van der Waals surface area contributed by atoms with Crippen LogP contribution in [0.15, 0.2) is 0 Å². The number of rotatable bonds is 8. The van der Waals surface area contributed by atoms with Crippen molar-refractivity contribution in [1.29, 1.82) is 0 Å². The number of Topliss-reactive ketones (excluding diaryl/α,β-unsaturated/α-hetero) is 2. The van der Waals surface area contributed by atoms with Crippen molar-refractivity contribution >= 4 is 19.4 Å². The first kappa shape index (κ1) is 22.0. The van der Waals surface area contributed by atoms with Crippen LogP contribution in [0.2, 0.25) is 0 Å². The van der Waals surface area contributed by atoms with Crippen molar-refractivity contribution in [3.63, 3.8) is 0 Å². The summed E-state index contributed by atoms with van der Waals surface area (Å²) in [6, 6.07) is 0. The summed E-state index contributed by atoms with van der Waals surface area (Å²) < 4.78 is 90.9. The van der Waals surface area contributed by atoms with Gasteiger partial charge in [0.1, 0.15) is 11.6 Å². The van der Waals surface area contributed by atoms with Gasteiger partial charge in [-0.3, -0.25) is 18.7 Å². The highest BCUT2D eigenvalue weighted by molar-refractivity contribution is 7.45. The summed E-state index contributed by atoms with van der Waals surface area (Å²) in [6.07, 6.45) is -17.2. The van der Waals surface area contributed by atoms with Crippen molar-refractivity contribution in [2.45, 2.75) is 38.7 Å². The first-order valence-electron chi connectivity index (χ1n) is 5.86. The van der Waals surface area contributed by atoms with Crippen LogP contribution in [0.5, 0.6) is 0 Å². The number of phosphoric ester groups is 1. The van der Waals surface area contributed by atoms with Crippen LogP contribution in [-0.2, 0) is 23.2 Å². The van der Waals surface area contributed by atoms with E-state index < -0.39 is 56.8 Å². The van der Waals surface area contributed by atoms with E-state index in [1.165, 1.54) is 0 Å². The number of carbonyl (C=O) groups is 2. The molecule has 0 aliphatic heterocycles. The fourth-order valence-corrected chi connectivity index (χ4v) is 2.33. The van der Waals surface area contributed by atoms with Crippen LogP contribution in [0.4, 0.5) is 26.3 Å². The second kappa shape index (κ2) is 7.73. The van der Waals surface area contributed by atoms with Gasteiger partial charge in [0.25, 0.3) is 13.9 Å². The Morgan fingerprint density at radius 3 is 1.74 bits per heavy atom. The summed E-state index contributed by atoms with van der Waals surface area (Å²) in [7, 11) is -5.97. The summed E-state index contributed by atoms with van der Waals surface area (Å²) in [5.41, 5.74) is 0. The molecule has 0 saturated heterocycles. The average Bonchev–Trinajstić information content (AvgIpc) is 2.28. The Hall–Kier alpha value is -0.970. The molecule has 23 heavy (non-hydrogen) atoms. The first-order chi connectivity index (χ1) is 10.1. The Balaban J connectivity index is 4.85. The standard InChI is InChI=1S/C10H13F6O6P/c1-5(17)7(6(2)18)3-4-21-23(19,20)22-8(9(11,12)13)10(14,15)16/h7-8H,3-4H2,1-2H3,(H,19,20)/p-1. The molecule has 0 radical (unpaired) electrons. The molecule has 1 atom stereocenters. The van der Waals surface area contributed by atoms with Crippen LogP contribution in [0.3, 0.4) is 0 Å². The minimum Gasteiger partial charge on any atom is -0.756 e. The van der Waals surface area contributed by atoms with Crippen LogP contribution in [0.25, 0.3) is 0 Å². The molecular formula is C10H12F6O6P-. The van der Waals surface area contributed by atoms with E-state index in [0.717, 1.165) is 13.8 Å². The molecule has 1 unspecified atom stereocenters. The zero-order valence-corrected chi connectivity index (χ0v) is 12.6. The molecule has 0 aliphatic carbocycles. The molecule has 0 heterocycles. The molecule has 0 aromatic heterocycles. The minimum absolute atomic E-state index is 0.539. The topological polar surface area (TPSA) is 92.7 Å². The summed E-state index contributed by atoms with van der Waals surface area (Å²) in [5, 5.41) is 0. The van der Waals surface area contributed by atoms with Gasteiger partial charge in [-0.1, -0.05) is 0 Å². The zero-order chi connectivity index (χ0) is 18.6. The Bertz CT molecular complexity index is 459. The van der Waals surface area contributed by atoms with Crippen molar-refractivity contribution in [2.24, 2.45) is 5.92 Å². The molecule has 136 valence electrons. The van der Waals surface area contributed by atoms with Gasteiger partial charge in [-0.05, 0) is 20.3 Å². The molecule has 0 fully saturated rings. The van der Waals surface area contributed by atoms with Crippen LogP contribution in [-0.4, -0.2) is 36.6 Å². The van der Waals surface area contributed by atoms with Gasteiger partial charge in [-0.15, -0.1) is 0 Å². The minimum atomic E-state index is -6.02. The lowest BCUT2D eigenvalue weighted by Crippen LogP contribution is -2.44. The van der Waals surface area contributed by atoms with Gasteiger partial charge in [0.2, 0.25) is 0 Å². The highest BCUT2D eigenvalue weighted by Gasteiger charge is 2.59. The Morgan fingerprint density at radius 2 is 1.43 bits per heavy atom. The van der Waals surface area contributed by atoms with Crippen molar-refractivity contribution in [3.8, 4) is 0 Å². The van der Waals surface area contributed by atoms with E-state index >= 15 is 0 Å². The normalized spacial score (nSPS) is 15.8. The molecule has 0 aliphatic rings. The maximum atomic E-state index is 12.2. The van der Waals surface area contributed by atoms with Gasteiger partial charge < -0.3 is 9.42 Å². The smallest absolute Gasteiger partial charge is 0.424 e. The maximum Gasteiger partial charge on any atom is 0.424 e. The van der Waals surface area contributed by atoms with Crippen LogP contribution >= 0.6 is 7.82 Å². The van der Waals surface area contributed by atoms with Gasteiger partial charge in [0.05, 0.1) is 12.5 Å². The van der Waals surface area contributed by atoms with E-state index in [-0.39, 0.29) is 0 Å². The molecule has 0 spiro atoms. The summed E-state index contributed by atoms with van der Waals surface area (Å²) >= 11 is 0. The lowest BCUT2D eigenvalue weighted by molar-refractivity contribution is -0.322. The number of hydrogen-bond acceptors (Lipinski definition) is 6. The molecule has 0 N–H and O–H groups in total. The molecular weight excluding hydrogens is 361 g/mol. The van der Waals surface area contributed by atoms with E-state index in [0.29, 0.717) is 0 Å². The van der Waals surface area contributed by atoms with Crippen LogP contribution in [0, 0.1) is 5.92 Å². The zero-order valence-electron chi connectivity index (χ0n) is 11.7. The first-order valence-corrected chi connectivity index (χ1v) is 7.32. The summed E-state index contributed by atoms with van der Waals surface area (Å²) in [5.74, 6) is -2.60. The molecule has 0 amide bonds. The van der Waals surface area contributed by atoms with Crippen LogP contribution in [0.1, 0.15) is 20.3 Å². The van der Waals surface area contributed by atoms with E-state index in [1.54, 1.807) is 0 Å². The van der Waals surface area contributed by atoms with Crippen molar-refractivity contribution < 1.29 is 54.4 Å². The number of hydrogen-bond donors (Lipinski definition) is 0. The van der Waals surface area contributed by atoms with E-state index in [9.17, 15) is 45.4 Å². The number of alkyl halides is 6. The lowest BCUT2D eigenvalue weighted by Gasteiger charge is -2.30. The molecule has 13 heteroatoms. The fraction of sp³-hybridized carbons (Fsp3) is 0.800. The Kier molecular flexibility index (Phi) is 7.41. The Morgan fingerprint density at radius 1 is 1.04 bits per heavy atom. The Labute approximate surface area is 126 Å². The third-order valence-corrected chi connectivity index (χ3v) is 3.43. The predicted octanol–water partition coefficient (Wildman–Crippen LogP) is 2.17. The number of halogens is 6. The molecule has 6 nitrogen and oxygen atoms in total. The van der Waals surface area contributed by atoms with Gasteiger partial charge in [-0.2, -0.15) is 26.3 Å². The summed E-state index contributed by atoms with van der Waals surface area (Å²) in [4.78, 5) is 33.1. The highest BCUT2D eigenvalue weighted by Crippen LogP contribution is 2.48. The molecule has 0 rings (SSSR count). The van der Waals surface area contributed by atoms with Gasteiger partial charge in [-0.25, -0.2) is 0 Å². The van der Waals surface area contributed by atoms with E-state index in [1.807, 2.05) is 0 Å². The maximum absolute atomic E-state index is 12.2. The van der Waals surface area contributed by atoms with Gasteiger partial charge in [0, 0.05) is 0 Å². The molecule has 0 aromatic rings. The second-order valence-corrected chi connectivity index (χ2v) is 5.78. The molecule has 0 saturated carbocycles. The average molecular weight is 373 g/mol. The highest BCUT2D eigenvalue weighted by atomic mass is 31.2. The fourth-order valence-electron chi connectivity index (χ4n) is 1.44. The SMILES string of the molecule is CC(=O)C(CCOP(=O)([O-])OC(C(F)(F)F)C(F)(F)F)C(C)=O. The molecule has 0 aromatic carbocycles. The van der Waals surface area contributed by atoms with Crippen molar-refractivity contribution in [1.82, 2.24) is 0 Å². The summed E-state index contributed by atoms with van der Waals surface area (Å²) in [6.45, 7) is 1.01. The third-order valence-electron chi connectivity index (χ3n) is 2.47. The monoisotopic (exact) mass is 373 g/mol.